The summed E-state index contributed by atoms with van der Waals surface area (Å²) in [5, 5.41) is 0. The number of carbonyl (C=O) groups is 2. The molecule has 1 atom stereocenters. The van der Waals surface area contributed by atoms with E-state index in [1.165, 1.54) is 13.2 Å². The molecule has 0 aromatic heterocycles. The molecule has 0 aliphatic heterocycles. The number of rotatable bonds is 9. The fraction of sp³-hybridized carbons (Fsp3) is 0.333. The number of amides is 2. The Balaban J connectivity index is 1.89. The van der Waals surface area contributed by atoms with E-state index in [0.29, 0.717) is 36.0 Å². The van der Waals surface area contributed by atoms with Crippen LogP contribution in [0.2, 0.25) is 0 Å². The fourth-order valence-corrected chi connectivity index (χ4v) is 2.41. The lowest BCUT2D eigenvalue weighted by Gasteiger charge is -2.16. The quantitative estimate of drug-likeness (QED) is 0.627. The van der Waals surface area contributed by atoms with Gasteiger partial charge < -0.3 is 18.9 Å². The largest absolute Gasteiger partial charge is 0.494 e. The molecule has 0 aliphatic carbocycles. The van der Waals surface area contributed by atoms with Crippen molar-refractivity contribution in [3.05, 3.63) is 48.0 Å². The highest BCUT2D eigenvalue weighted by molar-refractivity contribution is 5.96. The average Bonchev–Trinajstić information content (AvgIpc) is 2.73. The Hall–Kier alpha value is -3.42. The molecule has 8 heteroatoms. The summed E-state index contributed by atoms with van der Waals surface area (Å²) in [6.45, 7) is 6.38. The zero-order valence-electron chi connectivity index (χ0n) is 17.0. The van der Waals surface area contributed by atoms with E-state index < -0.39 is 17.9 Å². The minimum atomic E-state index is -0.817. The second-order valence-corrected chi connectivity index (χ2v) is 5.91. The Kier molecular flexibility index (Phi) is 8.14. The van der Waals surface area contributed by atoms with Crippen LogP contribution in [0.4, 0.5) is 0 Å². The van der Waals surface area contributed by atoms with Crippen molar-refractivity contribution < 1.29 is 28.5 Å². The average molecular weight is 402 g/mol. The molecule has 0 unspecified atom stereocenters. The van der Waals surface area contributed by atoms with Crippen LogP contribution in [-0.4, -0.2) is 38.2 Å². The van der Waals surface area contributed by atoms with Crippen molar-refractivity contribution in [1.82, 2.24) is 10.9 Å². The van der Waals surface area contributed by atoms with Crippen LogP contribution < -0.4 is 29.8 Å². The first-order valence-corrected chi connectivity index (χ1v) is 9.29. The first-order chi connectivity index (χ1) is 14.0. The molecule has 2 amide bonds. The lowest BCUT2D eigenvalue weighted by Crippen LogP contribution is -2.47. The normalized spacial score (nSPS) is 11.2. The van der Waals surface area contributed by atoms with Crippen molar-refractivity contribution in [3.8, 4) is 23.0 Å². The van der Waals surface area contributed by atoms with Gasteiger partial charge in [-0.1, -0.05) is 0 Å². The molecule has 156 valence electrons. The third kappa shape index (κ3) is 6.31. The van der Waals surface area contributed by atoms with Gasteiger partial charge in [-0.3, -0.25) is 20.4 Å². The van der Waals surface area contributed by atoms with Gasteiger partial charge in [0, 0.05) is 5.56 Å². The van der Waals surface area contributed by atoms with Crippen LogP contribution >= 0.6 is 0 Å². The lowest BCUT2D eigenvalue weighted by atomic mass is 10.2. The molecule has 29 heavy (non-hydrogen) atoms. The molecule has 0 radical (unpaired) electrons. The monoisotopic (exact) mass is 402 g/mol. The summed E-state index contributed by atoms with van der Waals surface area (Å²) in [5.41, 5.74) is 5.02. The number of methoxy groups -OCH3 is 1. The number of nitrogens with one attached hydrogen (secondary N) is 2. The molecule has 0 aliphatic rings. The number of carbonyl (C=O) groups excluding carboxylic acids is 2. The maximum absolute atomic E-state index is 12.3. The van der Waals surface area contributed by atoms with E-state index in [2.05, 4.69) is 10.9 Å². The SMILES string of the molecule is CCOc1ccc(O[C@@H](C)C(=O)NNC(=O)c2ccc(OCC)c(OC)c2)cc1. The molecule has 0 saturated heterocycles. The van der Waals surface area contributed by atoms with Gasteiger partial charge >= 0.3 is 0 Å². The fourth-order valence-electron chi connectivity index (χ4n) is 2.41. The molecular weight excluding hydrogens is 376 g/mol. The number of ether oxygens (including phenoxy) is 4. The lowest BCUT2D eigenvalue weighted by molar-refractivity contribution is -0.128. The highest BCUT2D eigenvalue weighted by Crippen LogP contribution is 2.27. The van der Waals surface area contributed by atoms with Crippen LogP contribution in [0.5, 0.6) is 23.0 Å². The summed E-state index contributed by atoms with van der Waals surface area (Å²) in [6.07, 6.45) is -0.817. The molecule has 0 saturated carbocycles. The Morgan fingerprint density at radius 2 is 1.55 bits per heavy atom. The summed E-state index contributed by atoms with van der Waals surface area (Å²) in [6, 6.07) is 11.7. The second kappa shape index (κ2) is 10.8. The van der Waals surface area contributed by atoms with Crippen LogP contribution in [0.25, 0.3) is 0 Å². The van der Waals surface area contributed by atoms with Crippen molar-refractivity contribution in [2.75, 3.05) is 20.3 Å². The zero-order chi connectivity index (χ0) is 21.2. The Morgan fingerprint density at radius 3 is 2.17 bits per heavy atom. The molecule has 2 aromatic carbocycles. The number of hydrazine groups is 1. The van der Waals surface area contributed by atoms with E-state index in [0.717, 1.165) is 5.75 Å². The summed E-state index contributed by atoms with van der Waals surface area (Å²) < 4.78 is 21.6. The summed E-state index contributed by atoms with van der Waals surface area (Å²) >= 11 is 0. The van der Waals surface area contributed by atoms with Crippen LogP contribution in [0.1, 0.15) is 31.1 Å². The predicted molar refractivity (Wildman–Crippen MR) is 107 cm³/mol. The molecule has 2 rings (SSSR count). The predicted octanol–water partition coefficient (Wildman–Crippen LogP) is 2.72. The van der Waals surface area contributed by atoms with Gasteiger partial charge in [0.2, 0.25) is 0 Å². The smallest absolute Gasteiger partial charge is 0.279 e. The third-order valence-corrected chi connectivity index (χ3v) is 3.84. The summed E-state index contributed by atoms with van der Waals surface area (Å²) in [5.74, 6) is 1.21. The highest BCUT2D eigenvalue weighted by Gasteiger charge is 2.17. The summed E-state index contributed by atoms with van der Waals surface area (Å²) in [4.78, 5) is 24.5. The molecule has 2 N–H and O–H groups in total. The van der Waals surface area contributed by atoms with E-state index >= 15 is 0 Å². The molecular formula is C21H26N2O6. The van der Waals surface area contributed by atoms with E-state index in [-0.39, 0.29) is 0 Å². The van der Waals surface area contributed by atoms with Gasteiger partial charge in [0.25, 0.3) is 11.8 Å². The first-order valence-electron chi connectivity index (χ1n) is 9.29. The minimum absolute atomic E-state index is 0.311. The van der Waals surface area contributed by atoms with E-state index in [1.807, 2.05) is 13.8 Å². The standard InChI is InChI=1S/C21H26N2O6/c1-5-27-16-8-10-17(11-9-16)29-14(3)20(24)22-23-21(25)15-7-12-18(28-6-2)19(13-15)26-4/h7-14H,5-6H2,1-4H3,(H,22,24)(H,23,25)/t14-/m0/s1. The van der Waals surface area contributed by atoms with Gasteiger partial charge in [-0.05, 0) is 63.2 Å². The van der Waals surface area contributed by atoms with Gasteiger partial charge in [-0.2, -0.15) is 0 Å². The Bertz CT molecular complexity index is 822. The van der Waals surface area contributed by atoms with Gasteiger partial charge in [-0.15, -0.1) is 0 Å². The van der Waals surface area contributed by atoms with Crippen molar-refractivity contribution in [1.29, 1.82) is 0 Å². The number of hydrogen-bond acceptors (Lipinski definition) is 6. The van der Waals surface area contributed by atoms with Crippen molar-refractivity contribution in [2.24, 2.45) is 0 Å². The zero-order valence-corrected chi connectivity index (χ0v) is 17.0. The molecule has 0 spiro atoms. The van der Waals surface area contributed by atoms with Crippen LogP contribution in [0.3, 0.4) is 0 Å². The van der Waals surface area contributed by atoms with Crippen LogP contribution in [0, 0.1) is 0 Å². The second-order valence-electron chi connectivity index (χ2n) is 5.91. The van der Waals surface area contributed by atoms with Crippen molar-refractivity contribution >= 4 is 11.8 Å². The number of hydrogen-bond donors (Lipinski definition) is 2. The van der Waals surface area contributed by atoms with Gasteiger partial charge in [0.1, 0.15) is 11.5 Å². The van der Waals surface area contributed by atoms with E-state index in [9.17, 15) is 9.59 Å². The molecule has 0 fully saturated rings. The van der Waals surface area contributed by atoms with E-state index in [1.54, 1.807) is 43.3 Å². The van der Waals surface area contributed by atoms with E-state index in [4.69, 9.17) is 18.9 Å². The van der Waals surface area contributed by atoms with Gasteiger partial charge in [-0.25, -0.2) is 0 Å². The van der Waals surface area contributed by atoms with Crippen LogP contribution in [0.15, 0.2) is 42.5 Å². The van der Waals surface area contributed by atoms with Crippen molar-refractivity contribution in [3.63, 3.8) is 0 Å². The van der Waals surface area contributed by atoms with Crippen molar-refractivity contribution in [2.45, 2.75) is 26.9 Å². The van der Waals surface area contributed by atoms with Gasteiger partial charge in [0.15, 0.2) is 17.6 Å². The maximum Gasteiger partial charge on any atom is 0.279 e. The molecule has 8 nitrogen and oxygen atoms in total. The molecule has 0 heterocycles. The Morgan fingerprint density at radius 1 is 0.897 bits per heavy atom. The minimum Gasteiger partial charge on any atom is -0.494 e. The van der Waals surface area contributed by atoms with Gasteiger partial charge in [0.05, 0.1) is 20.3 Å². The summed E-state index contributed by atoms with van der Waals surface area (Å²) in [7, 11) is 1.49. The topological polar surface area (TPSA) is 95.1 Å². The first kappa shape index (κ1) is 21.9. The Labute approximate surface area is 170 Å². The molecule has 2 aromatic rings. The maximum atomic E-state index is 12.3. The van der Waals surface area contributed by atoms with Crippen LogP contribution in [-0.2, 0) is 4.79 Å². The third-order valence-electron chi connectivity index (χ3n) is 3.84. The molecule has 0 bridgehead atoms. The number of benzene rings is 2. The highest BCUT2D eigenvalue weighted by atomic mass is 16.5.